The predicted octanol–water partition coefficient (Wildman–Crippen LogP) is 2.71. The second kappa shape index (κ2) is 9.67. The van der Waals surface area contributed by atoms with E-state index in [1.165, 1.54) is 17.3 Å². The molecule has 10 nitrogen and oxygen atoms in total. The number of ether oxygens (including phenoxy) is 1. The third-order valence-electron chi connectivity index (χ3n) is 6.05. The van der Waals surface area contributed by atoms with Gasteiger partial charge >= 0.3 is 0 Å². The Kier molecular flexibility index (Phi) is 6.82. The normalized spacial score (nSPS) is 20.3. The third-order valence-corrected chi connectivity index (χ3v) is 8.06. The molecule has 0 aromatic heterocycles. The Labute approximate surface area is 204 Å². The summed E-state index contributed by atoms with van der Waals surface area (Å²) in [5, 5.41) is 8.21. The Morgan fingerprint density at radius 2 is 1.77 bits per heavy atom. The van der Waals surface area contributed by atoms with E-state index >= 15 is 0 Å². The molecule has 0 spiro atoms. The number of piperidine rings is 1. The minimum absolute atomic E-state index is 0.0582. The minimum atomic E-state index is -3.89. The van der Waals surface area contributed by atoms with Crippen LogP contribution in [0.4, 0.5) is 17.1 Å². The Bertz CT molecular complexity index is 1280. The van der Waals surface area contributed by atoms with Gasteiger partial charge in [-0.2, -0.15) is 4.31 Å². The van der Waals surface area contributed by atoms with Gasteiger partial charge in [0.1, 0.15) is 5.75 Å². The minimum Gasteiger partial charge on any atom is -0.479 e. The Morgan fingerprint density at radius 1 is 1.11 bits per heavy atom. The molecule has 0 aliphatic carbocycles. The van der Waals surface area contributed by atoms with Gasteiger partial charge < -0.3 is 20.7 Å². The first-order chi connectivity index (χ1) is 16.5. The van der Waals surface area contributed by atoms with Crippen molar-refractivity contribution in [1.82, 2.24) is 4.31 Å². The van der Waals surface area contributed by atoms with E-state index in [0.717, 1.165) is 0 Å². The molecule has 4 rings (SSSR count). The lowest BCUT2D eigenvalue weighted by Gasteiger charge is -2.32. The van der Waals surface area contributed by atoms with E-state index in [-0.39, 0.29) is 29.2 Å². The first kappa shape index (κ1) is 24.7. The summed E-state index contributed by atoms with van der Waals surface area (Å²) in [4.78, 5) is 36.0. The van der Waals surface area contributed by atoms with E-state index < -0.39 is 22.0 Å². The molecule has 3 amide bonds. The fraction of sp³-hybridized carbons (Fsp3) is 0.375. The number of sulfonamides is 1. The molecule has 0 radical (unpaired) electrons. The largest absolute Gasteiger partial charge is 0.479 e. The second-order valence-corrected chi connectivity index (χ2v) is 10.7. The van der Waals surface area contributed by atoms with Crippen molar-refractivity contribution in [2.24, 2.45) is 5.92 Å². The molecule has 2 aromatic rings. The number of carbonyl (C=O) groups excluding carboxylic acids is 3. The summed E-state index contributed by atoms with van der Waals surface area (Å²) in [6.07, 6.45) is 0.389. The molecule has 11 heteroatoms. The number of aryl methyl sites for hydroxylation is 1. The quantitative estimate of drug-likeness (QED) is 0.578. The molecule has 2 atom stereocenters. The highest BCUT2D eigenvalue weighted by atomic mass is 32.2. The topological polar surface area (TPSA) is 134 Å². The lowest BCUT2D eigenvalue weighted by molar-refractivity contribution is -0.123. The van der Waals surface area contributed by atoms with Crippen molar-refractivity contribution in [2.75, 3.05) is 29.0 Å². The molecular weight excluding hydrogens is 472 g/mol. The fourth-order valence-corrected chi connectivity index (χ4v) is 5.96. The van der Waals surface area contributed by atoms with Crippen LogP contribution in [0.25, 0.3) is 0 Å². The number of hydrogen-bond acceptors (Lipinski definition) is 6. The van der Waals surface area contributed by atoms with Gasteiger partial charge in [-0.05, 0) is 62.6 Å². The van der Waals surface area contributed by atoms with Gasteiger partial charge in [-0.25, -0.2) is 8.42 Å². The lowest BCUT2D eigenvalue weighted by atomic mass is 9.98. The van der Waals surface area contributed by atoms with Crippen LogP contribution in [0.2, 0.25) is 0 Å². The summed E-state index contributed by atoms with van der Waals surface area (Å²) in [7, 11) is -3.89. The standard InChI is InChI=1S/C24H28N4O6S/c1-14-11-20-21(34-15(2)23(30)27-20)12-22(14)35(32,33)28-10-4-5-17(13-28)24(31)26-19-8-6-18(7-9-19)25-16(3)29/h6-9,11-12,15,17H,4-5,10,13H2,1-3H3,(H,25,29)(H,26,31)(H,27,30)/t15-,17+/m0/s1. The van der Waals surface area contributed by atoms with Crippen LogP contribution in [0, 0.1) is 12.8 Å². The van der Waals surface area contributed by atoms with Crippen LogP contribution in [-0.4, -0.2) is 49.6 Å². The molecule has 1 fully saturated rings. The summed E-state index contributed by atoms with van der Waals surface area (Å²) in [5.74, 6) is -0.955. The zero-order valence-corrected chi connectivity index (χ0v) is 20.6. The van der Waals surface area contributed by atoms with Crippen molar-refractivity contribution in [3.8, 4) is 5.75 Å². The van der Waals surface area contributed by atoms with Crippen LogP contribution in [-0.2, 0) is 24.4 Å². The number of benzene rings is 2. The number of amides is 3. The van der Waals surface area contributed by atoms with E-state index in [1.54, 1.807) is 44.2 Å². The fourth-order valence-electron chi connectivity index (χ4n) is 4.22. The average Bonchev–Trinajstić information content (AvgIpc) is 2.81. The summed E-state index contributed by atoms with van der Waals surface area (Å²) in [6, 6.07) is 9.74. The molecule has 2 heterocycles. The van der Waals surface area contributed by atoms with E-state index in [4.69, 9.17) is 4.74 Å². The summed E-state index contributed by atoms with van der Waals surface area (Å²) in [6.45, 7) is 5.03. The van der Waals surface area contributed by atoms with Gasteiger partial charge in [0.05, 0.1) is 16.5 Å². The van der Waals surface area contributed by atoms with Crippen molar-refractivity contribution >= 4 is 44.8 Å². The van der Waals surface area contributed by atoms with E-state index in [0.29, 0.717) is 47.8 Å². The van der Waals surface area contributed by atoms with Crippen LogP contribution in [0.3, 0.4) is 0 Å². The first-order valence-electron chi connectivity index (χ1n) is 11.4. The van der Waals surface area contributed by atoms with Crippen LogP contribution < -0.4 is 20.7 Å². The van der Waals surface area contributed by atoms with E-state index in [1.807, 2.05) is 0 Å². The number of fused-ring (bicyclic) bond motifs is 1. The second-order valence-electron chi connectivity index (χ2n) is 8.81. The SMILES string of the molecule is CC(=O)Nc1ccc(NC(=O)[C@@H]2CCCN(S(=O)(=O)c3cc4c(cc3C)NC(=O)[C@H](C)O4)C2)cc1. The summed E-state index contributed by atoms with van der Waals surface area (Å²) < 4.78 is 33.9. The van der Waals surface area contributed by atoms with Crippen LogP contribution in [0.1, 0.15) is 32.3 Å². The average molecular weight is 501 g/mol. The maximum Gasteiger partial charge on any atom is 0.265 e. The molecular formula is C24H28N4O6S. The molecule has 1 saturated heterocycles. The maximum atomic E-state index is 13.5. The highest BCUT2D eigenvalue weighted by Gasteiger charge is 2.35. The van der Waals surface area contributed by atoms with Gasteiger partial charge in [0.15, 0.2) is 6.10 Å². The van der Waals surface area contributed by atoms with Gasteiger partial charge in [-0.1, -0.05) is 0 Å². The van der Waals surface area contributed by atoms with Gasteiger partial charge in [0, 0.05) is 37.5 Å². The van der Waals surface area contributed by atoms with Crippen LogP contribution in [0.5, 0.6) is 5.75 Å². The number of carbonyl (C=O) groups is 3. The van der Waals surface area contributed by atoms with Crippen molar-refractivity contribution < 1.29 is 27.5 Å². The van der Waals surface area contributed by atoms with Crippen molar-refractivity contribution in [1.29, 1.82) is 0 Å². The van der Waals surface area contributed by atoms with Crippen LogP contribution in [0.15, 0.2) is 41.3 Å². The summed E-state index contributed by atoms with van der Waals surface area (Å²) in [5.41, 5.74) is 2.09. The molecule has 2 aliphatic heterocycles. The number of nitrogens with zero attached hydrogens (tertiary/aromatic N) is 1. The van der Waals surface area contributed by atoms with Crippen molar-refractivity contribution in [3.63, 3.8) is 0 Å². The number of hydrogen-bond donors (Lipinski definition) is 3. The van der Waals surface area contributed by atoms with Gasteiger partial charge in [0.2, 0.25) is 21.8 Å². The predicted molar refractivity (Wildman–Crippen MR) is 131 cm³/mol. The molecule has 0 unspecified atom stereocenters. The molecule has 0 bridgehead atoms. The highest BCUT2D eigenvalue weighted by Crippen LogP contribution is 2.36. The van der Waals surface area contributed by atoms with E-state index in [2.05, 4.69) is 16.0 Å². The van der Waals surface area contributed by atoms with Gasteiger partial charge in [0.25, 0.3) is 5.91 Å². The highest BCUT2D eigenvalue weighted by molar-refractivity contribution is 7.89. The zero-order valence-electron chi connectivity index (χ0n) is 19.8. The lowest BCUT2D eigenvalue weighted by Crippen LogP contribution is -2.44. The Hall–Kier alpha value is -3.44. The van der Waals surface area contributed by atoms with Crippen LogP contribution >= 0.6 is 0 Å². The summed E-state index contributed by atoms with van der Waals surface area (Å²) >= 11 is 0. The van der Waals surface area contributed by atoms with Crippen molar-refractivity contribution in [3.05, 3.63) is 42.0 Å². The third kappa shape index (κ3) is 5.30. The maximum absolute atomic E-state index is 13.5. The number of rotatable bonds is 5. The molecule has 2 aromatic carbocycles. The molecule has 0 saturated carbocycles. The molecule has 3 N–H and O–H groups in total. The Morgan fingerprint density at radius 3 is 2.43 bits per heavy atom. The Balaban J connectivity index is 1.48. The molecule has 186 valence electrons. The smallest absolute Gasteiger partial charge is 0.265 e. The van der Waals surface area contributed by atoms with Gasteiger partial charge in [-0.15, -0.1) is 0 Å². The van der Waals surface area contributed by atoms with Crippen molar-refractivity contribution in [2.45, 2.75) is 44.6 Å². The zero-order chi connectivity index (χ0) is 25.3. The molecule has 2 aliphatic rings. The van der Waals surface area contributed by atoms with Gasteiger partial charge in [-0.3, -0.25) is 14.4 Å². The number of nitrogens with one attached hydrogen (secondary N) is 3. The van der Waals surface area contributed by atoms with E-state index in [9.17, 15) is 22.8 Å². The first-order valence-corrected chi connectivity index (χ1v) is 12.8. The monoisotopic (exact) mass is 500 g/mol. The number of anilines is 3. The molecule has 35 heavy (non-hydrogen) atoms.